The van der Waals surface area contributed by atoms with Crippen molar-refractivity contribution in [1.82, 2.24) is 16.0 Å². The third-order valence-electron chi connectivity index (χ3n) is 5.18. The zero-order chi connectivity index (χ0) is 26.3. The van der Waals surface area contributed by atoms with Crippen molar-refractivity contribution in [3.63, 3.8) is 0 Å². The number of aliphatic carboxylic acids is 1. The number of guanidine groups is 1. The van der Waals surface area contributed by atoms with Gasteiger partial charge in [-0.05, 0) is 37.2 Å². The van der Waals surface area contributed by atoms with Crippen molar-refractivity contribution in [3.8, 4) is 0 Å². The Morgan fingerprint density at radius 3 is 1.97 bits per heavy atom. The van der Waals surface area contributed by atoms with Gasteiger partial charge in [0.1, 0.15) is 18.1 Å². The minimum absolute atomic E-state index is 0.102. The van der Waals surface area contributed by atoms with Gasteiger partial charge in [0.05, 0.1) is 12.6 Å². The first kappa shape index (κ1) is 31.4. The molecular formula is C20H39N7O6S. The largest absolute Gasteiger partial charge is 0.480 e. The molecule has 0 saturated carbocycles. The number of rotatable bonds is 17. The van der Waals surface area contributed by atoms with Crippen molar-refractivity contribution >= 4 is 41.4 Å². The van der Waals surface area contributed by atoms with Crippen molar-refractivity contribution in [2.24, 2.45) is 28.1 Å². The summed E-state index contributed by atoms with van der Waals surface area (Å²) in [5, 5.41) is 25.7. The number of hydrogen-bond acceptors (Lipinski definition) is 8. The number of aliphatic imine (C=N–C) groups is 1. The van der Waals surface area contributed by atoms with Gasteiger partial charge < -0.3 is 43.4 Å². The molecule has 0 fully saturated rings. The number of carbonyl (C=O) groups excluding carboxylic acids is 3. The Morgan fingerprint density at radius 1 is 0.971 bits per heavy atom. The third-order valence-corrected chi connectivity index (χ3v) is 5.82. The van der Waals surface area contributed by atoms with Gasteiger partial charge in [0.15, 0.2) is 5.96 Å². The van der Waals surface area contributed by atoms with E-state index in [1.807, 2.05) is 20.1 Å². The smallest absolute Gasteiger partial charge is 0.328 e. The summed E-state index contributed by atoms with van der Waals surface area (Å²) in [5.74, 6) is -3.03. The van der Waals surface area contributed by atoms with E-state index in [2.05, 4.69) is 20.9 Å². The van der Waals surface area contributed by atoms with Crippen molar-refractivity contribution in [2.45, 2.75) is 63.7 Å². The molecule has 5 unspecified atom stereocenters. The van der Waals surface area contributed by atoms with Crippen molar-refractivity contribution in [1.29, 1.82) is 0 Å². The monoisotopic (exact) mass is 505 g/mol. The fraction of sp³-hybridized carbons (Fsp3) is 0.750. The van der Waals surface area contributed by atoms with Crippen LogP contribution in [0.4, 0.5) is 0 Å². The highest BCUT2D eigenvalue weighted by Gasteiger charge is 2.30. The van der Waals surface area contributed by atoms with Crippen LogP contribution >= 0.6 is 11.8 Å². The standard InChI is InChI=1S/C20H39N7O6S/c1-4-11(2)15(21)18(31)26-12(6-5-8-24-20(22)23)16(29)25-13(7-9-34-3)17(30)27-14(10-28)19(32)33/h11-15,28H,4-10,21H2,1-3H3,(H,25,29)(H,26,31)(H,27,30)(H,32,33)(H4,22,23,24). The number of amides is 3. The molecule has 0 aliphatic carbocycles. The lowest BCUT2D eigenvalue weighted by Gasteiger charge is -2.26. The van der Waals surface area contributed by atoms with Gasteiger partial charge in [0.2, 0.25) is 17.7 Å². The van der Waals surface area contributed by atoms with E-state index in [0.29, 0.717) is 18.6 Å². The molecule has 0 bridgehead atoms. The Hall–Kier alpha value is -2.58. The molecule has 3 amide bonds. The van der Waals surface area contributed by atoms with Gasteiger partial charge >= 0.3 is 5.97 Å². The molecule has 14 heteroatoms. The fourth-order valence-corrected chi connectivity index (χ4v) is 3.26. The SMILES string of the molecule is CCC(C)C(N)C(=O)NC(CCCN=C(N)N)C(=O)NC(CCSC)C(=O)NC(CO)C(=O)O. The molecule has 0 spiro atoms. The van der Waals surface area contributed by atoms with Gasteiger partial charge in [-0.1, -0.05) is 20.3 Å². The molecule has 0 aliphatic heterocycles. The summed E-state index contributed by atoms with van der Waals surface area (Å²) >= 11 is 1.43. The maximum absolute atomic E-state index is 13.0. The predicted octanol–water partition coefficient (Wildman–Crippen LogP) is -2.30. The second-order valence-electron chi connectivity index (χ2n) is 7.85. The highest BCUT2D eigenvalue weighted by atomic mass is 32.2. The molecular weight excluding hydrogens is 466 g/mol. The van der Waals surface area contributed by atoms with Crippen LogP contribution in [0.3, 0.4) is 0 Å². The Balaban J connectivity index is 5.52. The van der Waals surface area contributed by atoms with Gasteiger partial charge in [-0.3, -0.25) is 19.4 Å². The lowest BCUT2D eigenvalue weighted by molar-refractivity contribution is -0.143. The van der Waals surface area contributed by atoms with E-state index in [1.54, 1.807) is 0 Å². The van der Waals surface area contributed by atoms with Crippen molar-refractivity contribution in [2.75, 3.05) is 25.2 Å². The first-order chi connectivity index (χ1) is 16.0. The number of carboxylic acids is 1. The molecule has 0 radical (unpaired) electrons. The van der Waals surface area contributed by atoms with Gasteiger partial charge in [-0.15, -0.1) is 0 Å². The van der Waals surface area contributed by atoms with Crippen molar-refractivity contribution in [3.05, 3.63) is 0 Å². The number of nitrogens with one attached hydrogen (secondary N) is 3. The van der Waals surface area contributed by atoms with Crippen LogP contribution in [0.1, 0.15) is 39.5 Å². The van der Waals surface area contributed by atoms with Gasteiger partial charge in [0, 0.05) is 6.54 Å². The molecule has 13 nitrogen and oxygen atoms in total. The van der Waals surface area contributed by atoms with Gasteiger partial charge in [-0.25, -0.2) is 4.79 Å². The Labute approximate surface area is 204 Å². The summed E-state index contributed by atoms with van der Waals surface area (Å²) in [6.07, 6.45) is 3.22. The summed E-state index contributed by atoms with van der Waals surface area (Å²) < 4.78 is 0. The minimum Gasteiger partial charge on any atom is -0.480 e. The molecule has 0 aromatic carbocycles. The van der Waals surface area contributed by atoms with E-state index in [9.17, 15) is 24.3 Å². The van der Waals surface area contributed by atoms with E-state index in [-0.39, 0.29) is 31.3 Å². The van der Waals surface area contributed by atoms with E-state index in [1.165, 1.54) is 11.8 Å². The van der Waals surface area contributed by atoms with E-state index >= 15 is 0 Å². The topological polar surface area (TPSA) is 235 Å². The molecule has 0 aliphatic rings. The lowest BCUT2D eigenvalue weighted by atomic mass is 9.98. The van der Waals surface area contributed by atoms with E-state index in [0.717, 1.165) is 0 Å². The molecule has 0 aromatic rings. The predicted molar refractivity (Wildman–Crippen MR) is 131 cm³/mol. The number of aliphatic hydroxyl groups is 1. The maximum atomic E-state index is 13.0. The molecule has 34 heavy (non-hydrogen) atoms. The summed E-state index contributed by atoms with van der Waals surface area (Å²) in [4.78, 5) is 53.2. The molecule has 0 aromatic heterocycles. The maximum Gasteiger partial charge on any atom is 0.328 e. The number of carboxylic acid groups (broad SMARTS) is 1. The highest BCUT2D eigenvalue weighted by molar-refractivity contribution is 7.98. The Kier molecular flexibility index (Phi) is 15.7. The third kappa shape index (κ3) is 12.0. The Morgan fingerprint density at radius 2 is 1.50 bits per heavy atom. The first-order valence-electron chi connectivity index (χ1n) is 11.0. The molecule has 5 atom stereocenters. The van der Waals surface area contributed by atoms with Crippen LogP contribution in [-0.2, 0) is 19.2 Å². The summed E-state index contributed by atoms with van der Waals surface area (Å²) in [6.45, 7) is 3.14. The van der Waals surface area contributed by atoms with E-state index < -0.39 is 54.5 Å². The number of carbonyl (C=O) groups is 4. The fourth-order valence-electron chi connectivity index (χ4n) is 2.79. The number of nitrogens with zero attached hydrogens (tertiary/aromatic N) is 1. The van der Waals surface area contributed by atoms with Crippen molar-refractivity contribution < 1.29 is 29.4 Å². The normalized spacial score (nSPS) is 15.2. The number of aliphatic hydroxyl groups excluding tert-OH is 1. The molecule has 0 heterocycles. The molecule has 196 valence electrons. The molecule has 0 rings (SSSR count). The average molecular weight is 506 g/mol. The zero-order valence-corrected chi connectivity index (χ0v) is 20.8. The summed E-state index contributed by atoms with van der Waals surface area (Å²) in [7, 11) is 0. The quantitative estimate of drug-likeness (QED) is 0.0597. The molecule has 11 N–H and O–H groups in total. The van der Waals surface area contributed by atoms with Crippen LogP contribution in [0.2, 0.25) is 0 Å². The Bertz CT molecular complexity index is 705. The van der Waals surface area contributed by atoms with Crippen LogP contribution in [-0.4, -0.2) is 89.2 Å². The average Bonchev–Trinajstić information content (AvgIpc) is 2.79. The zero-order valence-electron chi connectivity index (χ0n) is 20.0. The minimum atomic E-state index is -1.51. The van der Waals surface area contributed by atoms with Gasteiger partial charge in [0.25, 0.3) is 0 Å². The number of nitrogens with two attached hydrogens (primary N) is 3. The lowest BCUT2D eigenvalue weighted by Crippen LogP contribution is -2.58. The van der Waals surface area contributed by atoms with Crippen LogP contribution < -0.4 is 33.2 Å². The van der Waals surface area contributed by atoms with Crippen LogP contribution in [0.25, 0.3) is 0 Å². The summed E-state index contributed by atoms with van der Waals surface area (Å²) in [5.41, 5.74) is 16.6. The molecule has 0 saturated heterocycles. The van der Waals surface area contributed by atoms with Crippen LogP contribution in [0.15, 0.2) is 4.99 Å². The van der Waals surface area contributed by atoms with Crippen LogP contribution in [0.5, 0.6) is 0 Å². The number of hydrogen-bond donors (Lipinski definition) is 8. The first-order valence-corrected chi connectivity index (χ1v) is 12.4. The highest BCUT2D eigenvalue weighted by Crippen LogP contribution is 2.08. The second-order valence-corrected chi connectivity index (χ2v) is 8.83. The number of thioether (sulfide) groups is 1. The van der Waals surface area contributed by atoms with Gasteiger partial charge in [-0.2, -0.15) is 11.8 Å². The summed E-state index contributed by atoms with van der Waals surface area (Å²) in [6, 6.07) is -4.43. The second kappa shape index (κ2) is 16.9. The van der Waals surface area contributed by atoms with E-state index in [4.69, 9.17) is 22.3 Å². The van der Waals surface area contributed by atoms with Crippen LogP contribution in [0, 0.1) is 5.92 Å².